The van der Waals surface area contributed by atoms with Crippen molar-refractivity contribution in [3.05, 3.63) is 35.4 Å². The van der Waals surface area contributed by atoms with Gasteiger partial charge in [-0.3, -0.25) is 0 Å². The maximum atomic E-state index is 3.21. The predicted octanol–water partition coefficient (Wildman–Crippen LogP) is 1.12. The van der Waals surface area contributed by atoms with Crippen LogP contribution >= 0.6 is 0 Å². The van der Waals surface area contributed by atoms with Gasteiger partial charge in [-0.1, -0.05) is 47.0 Å². The summed E-state index contributed by atoms with van der Waals surface area (Å²) in [7, 11) is 0. The molecule has 0 nitrogen and oxygen atoms in total. The number of hydrogen-bond acceptors (Lipinski definition) is 0. The van der Waals surface area contributed by atoms with E-state index in [4.69, 9.17) is 0 Å². The molecule has 0 aliphatic rings. The molecule has 0 saturated heterocycles. The summed E-state index contributed by atoms with van der Waals surface area (Å²) < 4.78 is 0. The molecule has 1 aromatic carbocycles. The SMILES string of the molecule is CC.Cc1[c-]cc(C(C)(C)C)cc1.[Cs+]. The van der Waals surface area contributed by atoms with Crippen molar-refractivity contribution >= 4 is 0 Å². The minimum Gasteiger partial charge on any atom is -0.180 e. The summed E-state index contributed by atoms with van der Waals surface area (Å²) in [6, 6.07) is 9.57. The molecule has 1 heteroatoms. The Balaban J connectivity index is 0. The zero-order chi connectivity index (χ0) is 10.5. The van der Waals surface area contributed by atoms with Crippen LogP contribution < -0.4 is 68.9 Å². The van der Waals surface area contributed by atoms with Crippen LogP contribution in [0.4, 0.5) is 0 Å². The third-order valence-corrected chi connectivity index (χ3v) is 1.83. The second-order valence-corrected chi connectivity index (χ2v) is 4.01. The van der Waals surface area contributed by atoms with Crippen molar-refractivity contribution in [2.24, 2.45) is 0 Å². The Morgan fingerprint density at radius 2 is 1.57 bits per heavy atom. The Hall–Kier alpha value is 1.27. The average molecular weight is 310 g/mol. The first-order valence-electron chi connectivity index (χ1n) is 4.99. The van der Waals surface area contributed by atoms with Gasteiger partial charge in [0, 0.05) is 0 Å². The van der Waals surface area contributed by atoms with E-state index < -0.39 is 0 Å². The van der Waals surface area contributed by atoms with Crippen molar-refractivity contribution in [3.63, 3.8) is 0 Å². The average Bonchev–Trinajstić information content (AvgIpc) is 2.07. The summed E-state index contributed by atoms with van der Waals surface area (Å²) in [5, 5.41) is 0. The van der Waals surface area contributed by atoms with Crippen LogP contribution in [-0.4, -0.2) is 0 Å². The summed E-state index contributed by atoms with van der Waals surface area (Å²) in [6.45, 7) is 12.7. The normalized spacial score (nSPS) is 9.57. The van der Waals surface area contributed by atoms with Gasteiger partial charge >= 0.3 is 68.9 Å². The molecule has 0 atom stereocenters. The summed E-state index contributed by atoms with van der Waals surface area (Å²) in [6.07, 6.45) is 0. The van der Waals surface area contributed by atoms with Crippen molar-refractivity contribution in [1.82, 2.24) is 0 Å². The van der Waals surface area contributed by atoms with E-state index in [9.17, 15) is 0 Å². The Morgan fingerprint density at radius 3 is 1.86 bits per heavy atom. The molecule has 0 bridgehead atoms. The smallest absolute Gasteiger partial charge is 0.180 e. The third-order valence-electron chi connectivity index (χ3n) is 1.83. The van der Waals surface area contributed by atoms with Crippen LogP contribution in [0.1, 0.15) is 45.7 Å². The summed E-state index contributed by atoms with van der Waals surface area (Å²) in [4.78, 5) is 0. The van der Waals surface area contributed by atoms with E-state index in [0.29, 0.717) is 0 Å². The van der Waals surface area contributed by atoms with E-state index in [1.165, 1.54) is 11.1 Å². The van der Waals surface area contributed by atoms with Gasteiger partial charge in [0.25, 0.3) is 0 Å². The fraction of sp³-hybridized carbons (Fsp3) is 0.538. The molecular formula is C13H21Cs. The largest absolute Gasteiger partial charge is 1.00 e. The molecule has 0 aromatic heterocycles. The van der Waals surface area contributed by atoms with Crippen LogP contribution in [-0.2, 0) is 5.41 Å². The molecule has 1 rings (SSSR count). The van der Waals surface area contributed by atoms with Crippen molar-refractivity contribution in [3.8, 4) is 0 Å². The molecule has 0 unspecified atom stereocenters. The maximum Gasteiger partial charge on any atom is 1.00 e. The second kappa shape index (κ2) is 8.43. The standard InChI is InChI=1S/C11H15.C2H6.Cs/c1-9-5-7-10(8-6-9)11(2,3)4;1-2;/h5,7-8H,1-4H3;1-2H3;/q-1;;+1. The number of aryl methyl sites for hydroxylation is 1. The number of benzene rings is 1. The molecule has 0 spiro atoms. The van der Waals surface area contributed by atoms with Crippen molar-refractivity contribution in [1.29, 1.82) is 0 Å². The molecule has 0 aliphatic carbocycles. The monoisotopic (exact) mass is 310 g/mol. The van der Waals surface area contributed by atoms with E-state index >= 15 is 0 Å². The van der Waals surface area contributed by atoms with Gasteiger partial charge in [0.1, 0.15) is 0 Å². The van der Waals surface area contributed by atoms with E-state index in [0.717, 1.165) is 0 Å². The van der Waals surface area contributed by atoms with Gasteiger partial charge in [0.05, 0.1) is 0 Å². The van der Waals surface area contributed by atoms with E-state index in [-0.39, 0.29) is 74.3 Å². The van der Waals surface area contributed by atoms with Crippen LogP contribution in [0, 0.1) is 13.0 Å². The Morgan fingerprint density at radius 1 is 1.07 bits per heavy atom. The Kier molecular flexibility index (Phi) is 10.6. The third kappa shape index (κ3) is 6.70. The summed E-state index contributed by atoms with van der Waals surface area (Å²) in [5.41, 5.74) is 2.81. The molecule has 1 aromatic rings. The molecule has 0 amide bonds. The van der Waals surface area contributed by atoms with Crippen LogP contribution in [0.3, 0.4) is 0 Å². The number of hydrogen-bond donors (Lipinski definition) is 0. The topological polar surface area (TPSA) is 0 Å². The maximum absolute atomic E-state index is 3.21. The first-order valence-corrected chi connectivity index (χ1v) is 4.99. The minimum absolute atomic E-state index is 0. The molecule has 0 fully saturated rings. The quantitative estimate of drug-likeness (QED) is 0.630. The van der Waals surface area contributed by atoms with Gasteiger partial charge in [0.2, 0.25) is 0 Å². The van der Waals surface area contributed by atoms with Gasteiger partial charge in [-0.15, -0.1) is 0 Å². The molecule has 0 saturated carbocycles. The van der Waals surface area contributed by atoms with Crippen LogP contribution in [0.25, 0.3) is 0 Å². The molecule has 0 aliphatic heterocycles. The van der Waals surface area contributed by atoms with Gasteiger partial charge in [-0.25, -0.2) is 0 Å². The fourth-order valence-corrected chi connectivity index (χ4v) is 0.969. The summed E-state index contributed by atoms with van der Waals surface area (Å²) in [5.74, 6) is 0. The van der Waals surface area contributed by atoms with E-state index in [1.54, 1.807) is 0 Å². The van der Waals surface area contributed by atoms with Crippen molar-refractivity contribution in [2.45, 2.75) is 47.0 Å². The molecule has 14 heavy (non-hydrogen) atoms. The van der Waals surface area contributed by atoms with Gasteiger partial charge in [-0.2, -0.15) is 35.4 Å². The Labute approximate surface area is 148 Å². The van der Waals surface area contributed by atoms with Crippen molar-refractivity contribution in [2.75, 3.05) is 0 Å². The van der Waals surface area contributed by atoms with Gasteiger partial charge in [0.15, 0.2) is 0 Å². The van der Waals surface area contributed by atoms with Gasteiger partial charge in [-0.05, 0) is 0 Å². The first kappa shape index (κ1) is 17.7. The zero-order valence-electron chi connectivity index (χ0n) is 10.7. The first-order chi connectivity index (χ1) is 6.00. The van der Waals surface area contributed by atoms with Gasteiger partial charge < -0.3 is 0 Å². The summed E-state index contributed by atoms with van der Waals surface area (Å²) >= 11 is 0. The zero-order valence-corrected chi connectivity index (χ0v) is 17.0. The van der Waals surface area contributed by atoms with E-state index in [2.05, 4.69) is 52.0 Å². The van der Waals surface area contributed by atoms with Crippen molar-refractivity contribution < 1.29 is 68.9 Å². The minimum atomic E-state index is 0. The molecular weight excluding hydrogens is 289 g/mol. The molecule has 0 N–H and O–H groups in total. The second-order valence-electron chi connectivity index (χ2n) is 4.01. The van der Waals surface area contributed by atoms with Crippen LogP contribution in [0.5, 0.6) is 0 Å². The number of rotatable bonds is 0. The van der Waals surface area contributed by atoms with Crippen LogP contribution in [0.15, 0.2) is 18.2 Å². The Bertz CT molecular complexity index is 228. The molecule has 0 heterocycles. The predicted molar refractivity (Wildman–Crippen MR) is 60.1 cm³/mol. The van der Waals surface area contributed by atoms with Crippen LogP contribution in [0.2, 0.25) is 0 Å². The molecule has 0 radical (unpaired) electrons. The molecule has 74 valence electrons. The van der Waals surface area contributed by atoms with E-state index in [1.807, 2.05) is 13.8 Å². The fourth-order valence-electron chi connectivity index (χ4n) is 0.969.